The molecule has 0 amide bonds. The maximum atomic E-state index is 9.77. The number of para-hydroxylation sites is 8. The molecule has 0 bridgehead atoms. The van der Waals surface area contributed by atoms with Crippen LogP contribution < -0.4 is 5.46 Å². The van der Waals surface area contributed by atoms with Crippen molar-refractivity contribution in [3.63, 3.8) is 0 Å². The van der Waals surface area contributed by atoms with Crippen molar-refractivity contribution in [2.45, 2.75) is 38.9 Å². The maximum absolute atomic E-state index is 9.77. The molecule has 6 aromatic heterocycles. The molecule has 0 aliphatic carbocycles. The zero-order valence-corrected chi connectivity index (χ0v) is 67.7. The van der Waals surface area contributed by atoms with Crippen LogP contribution in [0.2, 0.25) is 0 Å². The van der Waals surface area contributed by atoms with E-state index in [9.17, 15) is 5.26 Å². The Hall–Kier alpha value is -15.3. The first-order valence-corrected chi connectivity index (χ1v) is 40.7. The molecule has 1 aliphatic heterocycles. The van der Waals surface area contributed by atoms with Crippen LogP contribution in [0.4, 0.5) is 21.8 Å². The van der Waals surface area contributed by atoms with E-state index in [1.165, 1.54) is 81.9 Å². The average Bonchev–Trinajstić information content (AvgIpc) is 1.58. The highest BCUT2D eigenvalue weighted by Gasteiger charge is 2.52. The maximum Gasteiger partial charge on any atom is 0.496 e. The van der Waals surface area contributed by atoms with Crippen LogP contribution in [-0.4, -0.2) is 45.7 Å². The lowest BCUT2D eigenvalue weighted by Gasteiger charge is -2.32. The van der Waals surface area contributed by atoms with Crippen molar-refractivity contribution < 1.29 is 14.0 Å². The molecule has 1 fully saturated rings. The summed E-state index contributed by atoms with van der Waals surface area (Å²) in [4.78, 5) is 11.2. The lowest BCUT2D eigenvalue weighted by atomic mass is 9.76. The summed E-state index contributed by atoms with van der Waals surface area (Å²) in [5.41, 5.74) is 23.9. The van der Waals surface area contributed by atoms with Gasteiger partial charge in [0.25, 0.3) is 0 Å². The molecule has 1 saturated heterocycles. The minimum atomic E-state index is -0.628. The lowest BCUT2D eigenvalue weighted by molar-refractivity contribution is 0.00578. The molecule has 121 heavy (non-hydrogen) atoms. The molecular formula is C106H71BBrFN10O2. The van der Waals surface area contributed by atoms with Gasteiger partial charge in [-0.05, 0) is 226 Å². The molecule has 0 spiro atoms. The second-order valence-corrected chi connectivity index (χ2v) is 32.4. The molecule has 12 nitrogen and oxygen atoms in total. The van der Waals surface area contributed by atoms with Gasteiger partial charge >= 0.3 is 7.12 Å². The van der Waals surface area contributed by atoms with Crippen LogP contribution in [0.15, 0.2) is 356 Å². The number of nitriles is 1. The Balaban J connectivity index is 0.000000122. The van der Waals surface area contributed by atoms with Crippen molar-refractivity contribution in [3.8, 4) is 51.3 Å². The smallest absolute Gasteiger partial charge is 0.399 e. The van der Waals surface area contributed by atoms with Gasteiger partial charge in [0.05, 0.1) is 109 Å². The SMILES string of the molecule is Brc1cccc(-n2c3ccccc3c3cc(-n4c5ccccc5c5ccccc54)ccc32)c1.F.[C-]#[N+]c1cc(-c2cccc(-n3c4ccccc4c4cc(-n5c6ccccc6c6ccccc65)ccc43)c2)cc(-n2c3ccccc3c3cc([N+]#[C-])ccc32)c1.[C-]#[N+]c1ccc2c(c1)c1ccccc1n2-c1ccc(C#N)c(B2OC(C)(C)C(C)(C)O2)c1. The van der Waals surface area contributed by atoms with E-state index in [-0.39, 0.29) is 4.70 Å². The number of benzene rings is 16. The van der Waals surface area contributed by atoms with Gasteiger partial charge in [0.1, 0.15) is 0 Å². The molecule has 0 saturated carbocycles. The fourth-order valence-corrected chi connectivity index (χ4v) is 18.5. The summed E-state index contributed by atoms with van der Waals surface area (Å²) in [5.74, 6) is 0. The van der Waals surface area contributed by atoms with E-state index >= 15 is 0 Å². The highest BCUT2D eigenvalue weighted by molar-refractivity contribution is 9.10. The van der Waals surface area contributed by atoms with Crippen LogP contribution in [-0.2, 0) is 9.31 Å². The largest absolute Gasteiger partial charge is 0.496 e. The highest BCUT2D eigenvalue weighted by atomic mass is 79.9. The topological polar surface area (TPSA) is 84.9 Å². The fourth-order valence-electron chi connectivity index (χ4n) is 18.1. The molecule has 0 unspecified atom stereocenters. The van der Waals surface area contributed by atoms with E-state index in [1.54, 1.807) is 0 Å². The third-order valence-corrected chi connectivity index (χ3v) is 24.8. The first-order valence-electron chi connectivity index (χ1n) is 39.9. The first kappa shape index (κ1) is 74.5. The number of hydrogen-bond acceptors (Lipinski definition) is 3. The lowest BCUT2D eigenvalue weighted by Crippen LogP contribution is -2.41. The van der Waals surface area contributed by atoms with Gasteiger partial charge in [-0.2, -0.15) is 5.26 Å². The minimum Gasteiger partial charge on any atom is -0.399 e. The molecule has 0 atom stereocenters. The second kappa shape index (κ2) is 29.4. The van der Waals surface area contributed by atoms with Crippen LogP contribution in [0, 0.1) is 31.0 Å². The molecule has 0 radical (unpaired) electrons. The highest BCUT2D eigenvalue weighted by Crippen LogP contribution is 2.45. The zero-order chi connectivity index (χ0) is 81.2. The molecular weight excluding hydrogens is 1550 g/mol. The number of nitrogens with zero attached hydrogens (tertiary/aromatic N) is 10. The Morgan fingerprint density at radius 2 is 0.579 bits per heavy atom. The van der Waals surface area contributed by atoms with Crippen LogP contribution in [0.3, 0.4) is 0 Å². The first-order chi connectivity index (χ1) is 58.7. The number of hydrogen-bond donors (Lipinski definition) is 0. The standard InChI is InChI=1S/C50H29N5.C30H19BrN2.C26H22BN3O2.FH/c1-51-34-22-24-49-43(30-34)41-16-5-10-21-48(41)55(49)38-28-33(26-35(29-38)52-2)32-12-11-13-36(27-32)53-47-20-9-6-17-42(47)44-31-37(23-25-50(44)53)54-45-18-7-3-14-39(45)40-15-4-8-19-46(40)54;31-20-8-7-9-21(18-20)32-29-15-6-3-12-25(29)26-19-22(16-17-30(26)32)33-27-13-4-1-10-23(27)24-11-2-5-14-28(24)33;1-25(2)26(3,4)32-27(31-25)22-15-19(12-10-17(22)16-28)30-23-9-7-6-8-20(23)21-14-18(29-5)11-13-24(21)30;/h3-31H;1-19H;6-15H,1-4H3;1H. The summed E-state index contributed by atoms with van der Waals surface area (Å²) in [6, 6.07) is 125. The number of fused-ring (bicyclic) bond motifs is 18. The van der Waals surface area contributed by atoms with Crippen LogP contribution >= 0.6 is 15.9 Å². The number of halogens is 2. The summed E-state index contributed by atoms with van der Waals surface area (Å²) in [6.07, 6.45) is 0. The Kier molecular flexibility index (Phi) is 18.1. The van der Waals surface area contributed by atoms with E-state index in [0.717, 1.165) is 98.7 Å². The Morgan fingerprint density at radius 1 is 0.281 bits per heavy atom. The second-order valence-electron chi connectivity index (χ2n) is 31.5. The van der Waals surface area contributed by atoms with Crippen molar-refractivity contribution in [3.05, 3.63) is 396 Å². The Morgan fingerprint density at radius 3 is 0.950 bits per heavy atom. The molecule has 574 valence electrons. The van der Waals surface area contributed by atoms with E-state index in [0.29, 0.717) is 28.1 Å². The molecule has 23 rings (SSSR count). The molecule has 15 heteroatoms. The molecule has 1 aliphatic rings. The van der Waals surface area contributed by atoms with Gasteiger partial charge in [-0.25, -0.2) is 14.5 Å². The van der Waals surface area contributed by atoms with Crippen LogP contribution in [0.1, 0.15) is 33.3 Å². The third-order valence-electron chi connectivity index (χ3n) is 24.3. The number of rotatable bonds is 8. The van der Waals surface area contributed by atoms with Crippen molar-refractivity contribution in [1.82, 2.24) is 27.4 Å². The van der Waals surface area contributed by atoms with Crippen molar-refractivity contribution in [2.75, 3.05) is 0 Å². The van der Waals surface area contributed by atoms with Gasteiger partial charge in [0, 0.05) is 97.9 Å². The molecule has 0 N–H and O–H groups in total. The van der Waals surface area contributed by atoms with Gasteiger partial charge in [0.15, 0.2) is 17.1 Å². The third kappa shape index (κ3) is 12.2. The van der Waals surface area contributed by atoms with Gasteiger partial charge in [-0.15, -0.1) is 0 Å². The molecule has 16 aromatic carbocycles. The van der Waals surface area contributed by atoms with Gasteiger partial charge in [0.2, 0.25) is 0 Å². The Bertz CT molecular complexity index is 8130. The van der Waals surface area contributed by atoms with Gasteiger partial charge in [-0.3, -0.25) is 4.70 Å². The summed E-state index contributed by atoms with van der Waals surface area (Å²) >= 11 is 3.64. The summed E-state index contributed by atoms with van der Waals surface area (Å²) in [5, 5.41) is 23.9. The van der Waals surface area contributed by atoms with E-state index in [2.05, 4.69) is 325 Å². The van der Waals surface area contributed by atoms with Crippen molar-refractivity contribution >= 4 is 176 Å². The minimum absolute atomic E-state index is 0. The van der Waals surface area contributed by atoms with E-state index in [4.69, 9.17) is 29.0 Å². The summed E-state index contributed by atoms with van der Waals surface area (Å²) in [6.45, 7) is 31.1. The van der Waals surface area contributed by atoms with Crippen molar-refractivity contribution in [1.29, 1.82) is 5.26 Å². The average molecular weight is 1630 g/mol. The van der Waals surface area contributed by atoms with E-state index in [1.807, 2.05) is 119 Å². The molecule has 22 aromatic rings. The summed E-state index contributed by atoms with van der Waals surface area (Å²) in [7, 11) is -0.628. The van der Waals surface area contributed by atoms with Gasteiger partial charge < -0.3 is 36.7 Å². The van der Waals surface area contributed by atoms with Crippen LogP contribution in [0.25, 0.3) is 191 Å². The normalized spacial score (nSPS) is 13.0. The fraction of sp³-hybridized carbons (Fsp3) is 0.0566. The number of aromatic nitrogens is 6. The zero-order valence-electron chi connectivity index (χ0n) is 66.1. The monoisotopic (exact) mass is 1620 g/mol. The predicted octanol–water partition coefficient (Wildman–Crippen LogP) is 28.0. The summed E-state index contributed by atoms with van der Waals surface area (Å²) < 4.78 is 27.4. The van der Waals surface area contributed by atoms with E-state index < -0.39 is 18.3 Å². The Labute approximate surface area is 704 Å². The van der Waals surface area contributed by atoms with Crippen LogP contribution in [0.5, 0.6) is 0 Å². The predicted molar refractivity (Wildman–Crippen MR) is 500 cm³/mol. The quantitative estimate of drug-likeness (QED) is 0.112. The van der Waals surface area contributed by atoms with Crippen molar-refractivity contribution in [2.24, 2.45) is 0 Å². The molecule has 7 heterocycles. The van der Waals surface area contributed by atoms with Gasteiger partial charge in [-0.1, -0.05) is 192 Å².